The molecule has 10 atom stereocenters. The maximum absolute atomic E-state index is 10.3. The quantitative estimate of drug-likeness (QED) is 0.709. The van der Waals surface area contributed by atoms with Gasteiger partial charge in [-0.15, -0.1) is 0 Å². The van der Waals surface area contributed by atoms with Crippen LogP contribution in [0.1, 0.15) is 41.0 Å². The van der Waals surface area contributed by atoms with Crippen LogP contribution in [0.5, 0.6) is 0 Å². The number of ether oxygens (including phenoxy) is 3. The minimum atomic E-state index is -1.09. The molecule has 6 nitrogen and oxygen atoms in total. The van der Waals surface area contributed by atoms with E-state index in [2.05, 4.69) is 27.7 Å². The third-order valence-corrected chi connectivity index (χ3v) is 5.78. The molecule has 0 saturated carbocycles. The van der Waals surface area contributed by atoms with Gasteiger partial charge in [-0.2, -0.15) is 0 Å². The van der Waals surface area contributed by atoms with E-state index >= 15 is 0 Å². The summed E-state index contributed by atoms with van der Waals surface area (Å²) in [5.74, 6) is 1.00. The molecule has 0 bridgehead atoms. The first-order valence-electron chi connectivity index (χ1n) is 8.75. The second-order valence-corrected chi connectivity index (χ2v) is 7.17. The predicted octanol–water partition coefficient (Wildman–Crippen LogP) is 0.916. The van der Waals surface area contributed by atoms with Crippen molar-refractivity contribution in [3.05, 3.63) is 0 Å². The lowest BCUT2D eigenvalue weighted by molar-refractivity contribution is -0.315. The van der Waals surface area contributed by atoms with Crippen molar-refractivity contribution in [1.82, 2.24) is 0 Å². The summed E-state index contributed by atoms with van der Waals surface area (Å²) in [6.07, 6.45) is -3.63. The summed E-state index contributed by atoms with van der Waals surface area (Å²) in [6, 6.07) is 0. The Morgan fingerprint density at radius 3 is 2.09 bits per heavy atom. The second-order valence-electron chi connectivity index (χ2n) is 7.17. The zero-order valence-corrected chi connectivity index (χ0v) is 14.8. The van der Waals surface area contributed by atoms with Crippen LogP contribution in [0.15, 0.2) is 0 Å². The van der Waals surface area contributed by atoms with Gasteiger partial charge in [0, 0.05) is 5.92 Å². The summed E-state index contributed by atoms with van der Waals surface area (Å²) in [5, 5.41) is 30.0. The first-order chi connectivity index (χ1) is 10.8. The maximum atomic E-state index is 10.3. The molecule has 2 saturated heterocycles. The van der Waals surface area contributed by atoms with E-state index in [1.54, 1.807) is 6.92 Å². The third-order valence-electron chi connectivity index (χ3n) is 5.78. The summed E-state index contributed by atoms with van der Waals surface area (Å²) in [6.45, 7) is 9.93. The maximum Gasteiger partial charge on any atom is 0.161 e. The van der Waals surface area contributed by atoms with Crippen LogP contribution in [0.2, 0.25) is 0 Å². The van der Waals surface area contributed by atoms with Gasteiger partial charge < -0.3 is 29.5 Å². The van der Waals surface area contributed by atoms with E-state index in [0.29, 0.717) is 11.8 Å². The van der Waals surface area contributed by atoms with Gasteiger partial charge in [0.25, 0.3) is 0 Å². The van der Waals surface area contributed by atoms with Crippen LogP contribution in [0, 0.1) is 17.8 Å². The minimum absolute atomic E-state index is 0.103. The molecule has 0 aromatic heterocycles. The van der Waals surface area contributed by atoms with Gasteiger partial charge in [-0.3, -0.25) is 0 Å². The zero-order valence-electron chi connectivity index (χ0n) is 14.8. The number of aliphatic hydroxyl groups is 3. The molecule has 2 aliphatic heterocycles. The van der Waals surface area contributed by atoms with Crippen molar-refractivity contribution in [2.45, 2.75) is 84.0 Å². The van der Waals surface area contributed by atoms with Crippen molar-refractivity contribution in [2.75, 3.05) is 6.61 Å². The number of aliphatic hydroxyl groups excluding tert-OH is 3. The summed E-state index contributed by atoms with van der Waals surface area (Å²) >= 11 is 0. The highest BCUT2D eigenvalue weighted by Gasteiger charge is 2.47. The van der Waals surface area contributed by atoms with Crippen molar-refractivity contribution in [3.8, 4) is 0 Å². The van der Waals surface area contributed by atoms with Gasteiger partial charge in [0.15, 0.2) is 6.29 Å². The van der Waals surface area contributed by atoms with Gasteiger partial charge in [0.1, 0.15) is 24.4 Å². The smallest absolute Gasteiger partial charge is 0.161 e. The molecule has 6 heteroatoms. The Labute approximate surface area is 138 Å². The molecular formula is C17H32O6. The van der Waals surface area contributed by atoms with Gasteiger partial charge in [-0.1, -0.05) is 27.7 Å². The summed E-state index contributed by atoms with van der Waals surface area (Å²) in [5.41, 5.74) is 0. The average Bonchev–Trinajstić information content (AvgIpc) is 2.54. The number of rotatable bonds is 4. The molecule has 2 fully saturated rings. The molecule has 2 heterocycles. The normalized spacial score (nSPS) is 51.7. The highest BCUT2D eigenvalue weighted by molar-refractivity contribution is 4.93. The molecule has 0 aliphatic carbocycles. The van der Waals surface area contributed by atoms with Crippen molar-refractivity contribution in [2.24, 2.45) is 17.8 Å². The van der Waals surface area contributed by atoms with Crippen LogP contribution in [-0.2, 0) is 14.2 Å². The van der Waals surface area contributed by atoms with E-state index in [1.165, 1.54) is 0 Å². The monoisotopic (exact) mass is 332 g/mol. The van der Waals surface area contributed by atoms with Gasteiger partial charge in [0.05, 0.1) is 18.8 Å². The zero-order chi connectivity index (χ0) is 17.3. The topological polar surface area (TPSA) is 88.4 Å². The SMILES string of the molecule is CCC1O[C@@H](O[C@@H]2C(O)C(C)OC(CO)[C@H]2O)C(C)[C@@H](C)[C@@H]1C. The lowest BCUT2D eigenvalue weighted by atomic mass is 9.78. The lowest BCUT2D eigenvalue weighted by Crippen LogP contribution is -2.60. The Bertz CT molecular complexity index is 376. The molecule has 0 spiro atoms. The summed E-state index contributed by atoms with van der Waals surface area (Å²) in [4.78, 5) is 0. The Balaban J connectivity index is 2.11. The molecule has 23 heavy (non-hydrogen) atoms. The van der Waals surface area contributed by atoms with Crippen LogP contribution in [0.4, 0.5) is 0 Å². The molecule has 0 radical (unpaired) electrons. The van der Waals surface area contributed by atoms with Crippen molar-refractivity contribution in [3.63, 3.8) is 0 Å². The summed E-state index contributed by atoms with van der Waals surface area (Å²) < 4.78 is 17.5. The molecule has 0 aromatic carbocycles. The molecule has 0 amide bonds. The van der Waals surface area contributed by atoms with E-state index < -0.39 is 36.8 Å². The predicted molar refractivity (Wildman–Crippen MR) is 84.8 cm³/mol. The fourth-order valence-electron chi connectivity index (χ4n) is 3.69. The molecule has 136 valence electrons. The van der Waals surface area contributed by atoms with Gasteiger partial charge in [0.2, 0.25) is 0 Å². The van der Waals surface area contributed by atoms with E-state index in [4.69, 9.17) is 14.2 Å². The molecular weight excluding hydrogens is 300 g/mol. The van der Waals surface area contributed by atoms with Crippen molar-refractivity contribution >= 4 is 0 Å². The average molecular weight is 332 g/mol. The van der Waals surface area contributed by atoms with Gasteiger partial charge in [-0.25, -0.2) is 0 Å². The van der Waals surface area contributed by atoms with Crippen molar-refractivity contribution in [1.29, 1.82) is 0 Å². The van der Waals surface area contributed by atoms with Crippen LogP contribution in [0.25, 0.3) is 0 Å². The van der Waals surface area contributed by atoms with Crippen LogP contribution in [-0.4, -0.2) is 64.8 Å². The molecule has 2 aliphatic rings. The summed E-state index contributed by atoms with van der Waals surface area (Å²) in [7, 11) is 0. The number of hydrogen-bond acceptors (Lipinski definition) is 6. The standard InChI is InChI=1S/C17H32O6/c1-6-12-9(3)8(2)10(4)17(22-12)23-16-14(19)11(5)21-13(7-18)15(16)20/h8-20H,6-7H2,1-5H3/t8-,9-,10?,11?,12?,13?,14?,15+,16+,17-/m0/s1. The van der Waals surface area contributed by atoms with Crippen LogP contribution >= 0.6 is 0 Å². The first kappa shape index (κ1) is 19.1. The molecule has 3 N–H and O–H groups in total. The van der Waals surface area contributed by atoms with Crippen LogP contribution in [0.3, 0.4) is 0 Å². The fourth-order valence-corrected chi connectivity index (χ4v) is 3.69. The Morgan fingerprint density at radius 2 is 1.52 bits per heavy atom. The highest BCUT2D eigenvalue weighted by Crippen LogP contribution is 2.38. The van der Waals surface area contributed by atoms with Crippen molar-refractivity contribution < 1.29 is 29.5 Å². The Morgan fingerprint density at radius 1 is 0.870 bits per heavy atom. The molecule has 5 unspecified atom stereocenters. The second kappa shape index (κ2) is 7.76. The van der Waals surface area contributed by atoms with E-state index in [9.17, 15) is 15.3 Å². The fraction of sp³-hybridized carbons (Fsp3) is 1.00. The highest BCUT2D eigenvalue weighted by atomic mass is 16.7. The Hall–Kier alpha value is -0.240. The van der Waals surface area contributed by atoms with Gasteiger partial charge >= 0.3 is 0 Å². The Kier molecular flexibility index (Phi) is 6.44. The minimum Gasteiger partial charge on any atom is -0.394 e. The van der Waals surface area contributed by atoms with E-state index in [0.717, 1.165) is 6.42 Å². The molecule has 0 aromatic rings. The van der Waals surface area contributed by atoms with Gasteiger partial charge in [-0.05, 0) is 25.2 Å². The van der Waals surface area contributed by atoms with E-state index in [-0.39, 0.29) is 18.6 Å². The first-order valence-corrected chi connectivity index (χ1v) is 8.75. The lowest BCUT2D eigenvalue weighted by Gasteiger charge is -2.47. The van der Waals surface area contributed by atoms with E-state index in [1.807, 2.05) is 0 Å². The molecule has 2 rings (SSSR count). The van der Waals surface area contributed by atoms with Crippen LogP contribution < -0.4 is 0 Å². The third kappa shape index (κ3) is 3.72. The largest absolute Gasteiger partial charge is 0.394 e. The number of hydrogen-bond donors (Lipinski definition) is 3.